The average Bonchev–Trinajstić information content (AvgIpc) is 2.79. The molecule has 6 nitrogen and oxygen atoms in total. The van der Waals surface area contributed by atoms with Crippen molar-refractivity contribution in [1.29, 1.82) is 0 Å². The van der Waals surface area contributed by atoms with E-state index in [1.54, 1.807) is 0 Å². The topological polar surface area (TPSA) is 64.7 Å². The van der Waals surface area contributed by atoms with Crippen LogP contribution in [0, 0.1) is 0 Å². The summed E-state index contributed by atoms with van der Waals surface area (Å²) in [5, 5.41) is 8.10. The standard InChI is InChI=1S/C26H36N4O2/c1-5-25(31)27-13-7-15-29(3)19-21-9-11-24-18-22(10-12-23(24)17-21)20-30(4)16-8-14-28-26(32)6-2/h5-6,9-12,17-18H,1-2,7-8,13-16,19-20H2,3-4H3,(H,27,31)(H,28,32). The number of nitrogens with zero attached hydrogens (tertiary/aromatic N) is 2. The maximum atomic E-state index is 11.2. The SMILES string of the molecule is C=CC(=O)NCCCN(C)Cc1ccc2cc(CN(C)CCCNC(=O)C=C)ccc2c1. The Balaban J connectivity index is 1.82. The van der Waals surface area contributed by atoms with E-state index in [1.807, 2.05) is 0 Å². The first-order valence-corrected chi connectivity index (χ1v) is 11.1. The lowest BCUT2D eigenvalue weighted by Gasteiger charge is -2.18. The second-order valence-corrected chi connectivity index (χ2v) is 8.19. The van der Waals surface area contributed by atoms with Crippen LogP contribution in [0.5, 0.6) is 0 Å². The van der Waals surface area contributed by atoms with Gasteiger partial charge in [0, 0.05) is 26.2 Å². The van der Waals surface area contributed by atoms with E-state index in [2.05, 4.69) is 84.1 Å². The van der Waals surface area contributed by atoms with E-state index < -0.39 is 0 Å². The van der Waals surface area contributed by atoms with Crippen molar-refractivity contribution in [2.24, 2.45) is 0 Å². The number of hydrogen-bond acceptors (Lipinski definition) is 4. The van der Waals surface area contributed by atoms with Crippen molar-refractivity contribution >= 4 is 22.6 Å². The Bertz CT molecular complexity index is 850. The summed E-state index contributed by atoms with van der Waals surface area (Å²) in [5.74, 6) is -0.241. The summed E-state index contributed by atoms with van der Waals surface area (Å²) < 4.78 is 0. The third kappa shape index (κ3) is 9.04. The summed E-state index contributed by atoms with van der Waals surface area (Å²) in [5.41, 5.74) is 2.56. The van der Waals surface area contributed by atoms with Gasteiger partial charge in [0.2, 0.25) is 11.8 Å². The minimum atomic E-state index is -0.121. The van der Waals surface area contributed by atoms with Crippen LogP contribution in [0.25, 0.3) is 10.8 Å². The second-order valence-electron chi connectivity index (χ2n) is 8.19. The molecule has 0 aliphatic rings. The van der Waals surface area contributed by atoms with Gasteiger partial charge in [0.15, 0.2) is 0 Å². The molecule has 0 atom stereocenters. The lowest BCUT2D eigenvalue weighted by molar-refractivity contribution is -0.117. The number of rotatable bonds is 14. The van der Waals surface area contributed by atoms with E-state index in [9.17, 15) is 9.59 Å². The van der Waals surface area contributed by atoms with Gasteiger partial charge in [-0.1, -0.05) is 37.4 Å². The highest BCUT2D eigenvalue weighted by Crippen LogP contribution is 2.19. The third-order valence-electron chi connectivity index (χ3n) is 5.28. The monoisotopic (exact) mass is 436 g/mol. The van der Waals surface area contributed by atoms with Gasteiger partial charge in [-0.3, -0.25) is 9.59 Å². The number of fused-ring (bicyclic) bond motifs is 1. The molecule has 2 aromatic rings. The van der Waals surface area contributed by atoms with Gasteiger partial charge in [0.1, 0.15) is 0 Å². The van der Waals surface area contributed by atoms with Gasteiger partial charge in [-0.05, 0) is 86.2 Å². The van der Waals surface area contributed by atoms with Crippen LogP contribution in [0.3, 0.4) is 0 Å². The van der Waals surface area contributed by atoms with E-state index in [4.69, 9.17) is 0 Å². The normalized spacial score (nSPS) is 11.0. The Labute approximate surface area is 192 Å². The number of carbonyl (C=O) groups is 2. The number of amides is 2. The van der Waals surface area contributed by atoms with Gasteiger partial charge in [-0.25, -0.2) is 0 Å². The van der Waals surface area contributed by atoms with E-state index in [0.29, 0.717) is 13.1 Å². The Morgan fingerprint density at radius 2 is 1.19 bits per heavy atom. The smallest absolute Gasteiger partial charge is 0.243 e. The molecule has 0 heterocycles. The van der Waals surface area contributed by atoms with E-state index in [1.165, 1.54) is 34.1 Å². The van der Waals surface area contributed by atoms with E-state index >= 15 is 0 Å². The zero-order valence-corrected chi connectivity index (χ0v) is 19.4. The first-order valence-electron chi connectivity index (χ1n) is 11.1. The van der Waals surface area contributed by atoms with Crippen molar-refractivity contribution in [3.63, 3.8) is 0 Å². The zero-order valence-electron chi connectivity index (χ0n) is 19.4. The minimum Gasteiger partial charge on any atom is -0.353 e. The number of hydrogen-bond donors (Lipinski definition) is 2. The molecular formula is C26H36N4O2. The van der Waals surface area contributed by atoms with Gasteiger partial charge in [0.25, 0.3) is 0 Å². The molecule has 6 heteroatoms. The quantitative estimate of drug-likeness (QED) is 0.353. The predicted octanol–water partition coefficient (Wildman–Crippen LogP) is 3.09. The number of nitrogens with one attached hydrogen (secondary N) is 2. The van der Waals surface area contributed by atoms with Gasteiger partial charge >= 0.3 is 0 Å². The molecule has 0 bridgehead atoms. The summed E-state index contributed by atoms with van der Waals surface area (Å²) >= 11 is 0. The second kappa shape index (κ2) is 13.5. The molecule has 0 saturated heterocycles. The molecule has 0 saturated carbocycles. The maximum absolute atomic E-state index is 11.2. The molecule has 0 aliphatic heterocycles. The van der Waals surface area contributed by atoms with Crippen LogP contribution in [-0.2, 0) is 22.7 Å². The van der Waals surface area contributed by atoms with Gasteiger partial charge in [-0.15, -0.1) is 0 Å². The van der Waals surface area contributed by atoms with Crippen molar-refractivity contribution in [3.05, 3.63) is 72.8 Å². The lowest BCUT2D eigenvalue weighted by atomic mass is 10.0. The summed E-state index contributed by atoms with van der Waals surface area (Å²) in [6.07, 6.45) is 4.41. The van der Waals surface area contributed by atoms with Crippen LogP contribution in [0.15, 0.2) is 61.7 Å². The summed E-state index contributed by atoms with van der Waals surface area (Å²) in [6, 6.07) is 13.3. The minimum absolute atomic E-state index is 0.121. The molecule has 2 rings (SSSR count). The zero-order chi connectivity index (χ0) is 23.3. The fourth-order valence-corrected chi connectivity index (χ4v) is 3.59. The molecule has 0 radical (unpaired) electrons. The summed E-state index contributed by atoms with van der Waals surface area (Å²) in [4.78, 5) is 26.9. The Morgan fingerprint density at radius 1 is 0.781 bits per heavy atom. The highest BCUT2D eigenvalue weighted by Gasteiger charge is 2.05. The van der Waals surface area contributed by atoms with Crippen LogP contribution in [0.1, 0.15) is 24.0 Å². The first-order chi connectivity index (χ1) is 15.4. The van der Waals surface area contributed by atoms with Crippen LogP contribution in [-0.4, -0.2) is 61.9 Å². The number of carbonyl (C=O) groups excluding carboxylic acids is 2. The van der Waals surface area contributed by atoms with Crippen LogP contribution in [0.2, 0.25) is 0 Å². The molecule has 0 aliphatic carbocycles. The summed E-state index contributed by atoms with van der Waals surface area (Å²) in [6.45, 7) is 11.8. The maximum Gasteiger partial charge on any atom is 0.243 e. The molecule has 0 spiro atoms. The van der Waals surface area contributed by atoms with Crippen molar-refractivity contribution in [3.8, 4) is 0 Å². The fraction of sp³-hybridized carbons (Fsp3) is 0.385. The Kier molecular flexibility index (Phi) is 10.6. The van der Waals surface area contributed by atoms with E-state index in [0.717, 1.165) is 39.0 Å². The Hall–Kier alpha value is -2.96. The number of benzene rings is 2. The highest BCUT2D eigenvalue weighted by atomic mass is 16.2. The Morgan fingerprint density at radius 3 is 1.56 bits per heavy atom. The third-order valence-corrected chi connectivity index (χ3v) is 5.28. The van der Waals surface area contributed by atoms with Crippen molar-refractivity contribution in [1.82, 2.24) is 20.4 Å². The molecule has 32 heavy (non-hydrogen) atoms. The van der Waals surface area contributed by atoms with Gasteiger partial charge < -0.3 is 20.4 Å². The predicted molar refractivity (Wildman–Crippen MR) is 132 cm³/mol. The van der Waals surface area contributed by atoms with E-state index in [-0.39, 0.29) is 11.8 Å². The molecule has 2 aromatic carbocycles. The first kappa shape index (κ1) is 25.3. The molecular weight excluding hydrogens is 400 g/mol. The largest absolute Gasteiger partial charge is 0.353 e. The molecule has 2 N–H and O–H groups in total. The summed E-state index contributed by atoms with van der Waals surface area (Å²) in [7, 11) is 4.20. The van der Waals surface area contributed by atoms with Crippen molar-refractivity contribution < 1.29 is 9.59 Å². The highest BCUT2D eigenvalue weighted by molar-refractivity contribution is 5.87. The average molecular weight is 437 g/mol. The fourth-order valence-electron chi connectivity index (χ4n) is 3.59. The molecule has 0 aromatic heterocycles. The molecule has 0 unspecified atom stereocenters. The van der Waals surface area contributed by atoms with Crippen molar-refractivity contribution in [2.75, 3.05) is 40.3 Å². The molecule has 0 fully saturated rings. The van der Waals surface area contributed by atoms with Crippen LogP contribution >= 0.6 is 0 Å². The molecule has 172 valence electrons. The van der Waals surface area contributed by atoms with Gasteiger partial charge in [-0.2, -0.15) is 0 Å². The van der Waals surface area contributed by atoms with Crippen LogP contribution < -0.4 is 10.6 Å². The van der Waals surface area contributed by atoms with Crippen LogP contribution in [0.4, 0.5) is 0 Å². The van der Waals surface area contributed by atoms with Gasteiger partial charge in [0.05, 0.1) is 0 Å². The van der Waals surface area contributed by atoms with Crippen molar-refractivity contribution in [2.45, 2.75) is 25.9 Å². The molecule has 2 amide bonds. The lowest BCUT2D eigenvalue weighted by Crippen LogP contribution is -2.26.